The molecular weight excluding hydrogens is 198 g/mol. The maximum Gasteiger partial charge on any atom is 0.169 e. The minimum atomic E-state index is -0.0293. The van der Waals surface area contributed by atoms with Crippen LogP contribution < -0.4 is 10.1 Å². The van der Waals surface area contributed by atoms with E-state index in [1.54, 1.807) is 0 Å². The van der Waals surface area contributed by atoms with Crippen molar-refractivity contribution >= 4 is 16.8 Å². The third-order valence-electron chi connectivity index (χ3n) is 2.89. The quantitative estimate of drug-likeness (QED) is 0.783. The van der Waals surface area contributed by atoms with Crippen LogP contribution in [0, 0.1) is 0 Å². The van der Waals surface area contributed by atoms with Crippen molar-refractivity contribution < 1.29 is 4.74 Å². The highest BCUT2D eigenvalue weighted by molar-refractivity contribution is 5.92. The van der Waals surface area contributed by atoms with Gasteiger partial charge in [0.2, 0.25) is 0 Å². The van der Waals surface area contributed by atoms with E-state index in [9.17, 15) is 0 Å². The van der Waals surface area contributed by atoms with Crippen LogP contribution in [-0.2, 0) is 0 Å². The highest BCUT2D eigenvalue weighted by Crippen LogP contribution is 2.33. The zero-order chi connectivity index (χ0) is 11.0. The first kappa shape index (κ1) is 9.43. The minimum Gasteiger partial charge on any atom is -0.471 e. The molecule has 1 heterocycles. The van der Waals surface area contributed by atoms with Crippen LogP contribution in [0.1, 0.15) is 5.56 Å². The molecule has 0 amide bonds. The Morgan fingerprint density at radius 3 is 2.88 bits per heavy atom. The van der Waals surface area contributed by atoms with Crippen LogP contribution in [0.15, 0.2) is 42.5 Å². The van der Waals surface area contributed by atoms with Gasteiger partial charge in [0.1, 0.15) is 5.75 Å². The number of hydrogen-bond donors (Lipinski definition) is 1. The topological polar surface area (TPSA) is 21.3 Å². The van der Waals surface area contributed by atoms with Crippen molar-refractivity contribution in [3.63, 3.8) is 0 Å². The first-order valence-corrected chi connectivity index (χ1v) is 5.42. The summed E-state index contributed by atoms with van der Waals surface area (Å²) in [5, 5.41) is 5.49. The van der Waals surface area contributed by atoms with Gasteiger partial charge in [-0.2, -0.15) is 0 Å². The largest absolute Gasteiger partial charge is 0.471 e. The second-order valence-corrected chi connectivity index (χ2v) is 3.89. The number of nitrogens with one attached hydrogen (secondary N) is 1. The van der Waals surface area contributed by atoms with E-state index in [1.165, 1.54) is 10.8 Å². The van der Waals surface area contributed by atoms with E-state index >= 15 is 0 Å². The van der Waals surface area contributed by atoms with Crippen molar-refractivity contribution in [2.75, 3.05) is 7.05 Å². The first-order chi connectivity index (χ1) is 7.88. The number of likely N-dealkylation sites (N-methyl/N-ethyl adjacent to an activating group) is 1. The summed E-state index contributed by atoms with van der Waals surface area (Å²) in [6.07, 6.45) is 4.10. The van der Waals surface area contributed by atoms with E-state index in [2.05, 4.69) is 35.7 Å². The molecular formula is C14H13NO. The van der Waals surface area contributed by atoms with Crippen molar-refractivity contribution in [3.8, 4) is 5.75 Å². The Hall–Kier alpha value is -1.80. The summed E-state index contributed by atoms with van der Waals surface area (Å²) in [6, 6.07) is 12.5. The molecule has 16 heavy (non-hydrogen) atoms. The summed E-state index contributed by atoms with van der Waals surface area (Å²) in [7, 11) is 1.89. The lowest BCUT2D eigenvalue weighted by atomic mass is 10.0. The van der Waals surface area contributed by atoms with Crippen molar-refractivity contribution in [1.82, 2.24) is 5.32 Å². The standard InChI is InChI=1S/C14H13NO/c1-15-13-9-8-11-7-6-10-4-2-3-5-12(10)14(11)16-13/h2-9,13,15H,1H3. The molecule has 0 saturated carbocycles. The van der Waals surface area contributed by atoms with Crippen LogP contribution in [0.4, 0.5) is 0 Å². The summed E-state index contributed by atoms with van der Waals surface area (Å²) in [5.74, 6) is 0.972. The Morgan fingerprint density at radius 2 is 2.00 bits per heavy atom. The van der Waals surface area contributed by atoms with Gasteiger partial charge in [-0.05, 0) is 18.5 Å². The maximum atomic E-state index is 5.90. The molecule has 0 spiro atoms. The smallest absolute Gasteiger partial charge is 0.169 e. The van der Waals surface area contributed by atoms with Crippen molar-refractivity contribution in [3.05, 3.63) is 48.0 Å². The monoisotopic (exact) mass is 211 g/mol. The fourth-order valence-corrected chi connectivity index (χ4v) is 2.04. The van der Waals surface area contributed by atoms with Gasteiger partial charge in [-0.1, -0.05) is 42.5 Å². The lowest BCUT2D eigenvalue weighted by Crippen LogP contribution is -2.30. The van der Waals surface area contributed by atoms with Gasteiger partial charge in [0.25, 0.3) is 0 Å². The van der Waals surface area contributed by atoms with Gasteiger partial charge in [0, 0.05) is 10.9 Å². The van der Waals surface area contributed by atoms with Crippen LogP contribution in [-0.4, -0.2) is 13.3 Å². The predicted molar refractivity (Wildman–Crippen MR) is 66.5 cm³/mol. The van der Waals surface area contributed by atoms with E-state index in [4.69, 9.17) is 4.74 Å². The fourth-order valence-electron chi connectivity index (χ4n) is 2.04. The Kier molecular flexibility index (Phi) is 2.15. The third-order valence-corrected chi connectivity index (χ3v) is 2.89. The summed E-state index contributed by atoms with van der Waals surface area (Å²) in [5.41, 5.74) is 1.14. The molecule has 1 N–H and O–H groups in total. The molecule has 0 fully saturated rings. The number of rotatable bonds is 1. The van der Waals surface area contributed by atoms with Crippen LogP contribution in [0.2, 0.25) is 0 Å². The van der Waals surface area contributed by atoms with E-state index in [0.717, 1.165) is 11.3 Å². The molecule has 1 aliphatic rings. The zero-order valence-corrected chi connectivity index (χ0v) is 9.10. The molecule has 1 unspecified atom stereocenters. The summed E-state index contributed by atoms with van der Waals surface area (Å²) in [4.78, 5) is 0. The molecule has 0 aromatic heterocycles. The highest BCUT2D eigenvalue weighted by Gasteiger charge is 2.14. The first-order valence-electron chi connectivity index (χ1n) is 5.42. The van der Waals surface area contributed by atoms with Crippen LogP contribution >= 0.6 is 0 Å². The van der Waals surface area contributed by atoms with E-state index in [1.807, 2.05) is 25.3 Å². The molecule has 3 rings (SSSR count). The van der Waals surface area contributed by atoms with Crippen molar-refractivity contribution in [1.29, 1.82) is 0 Å². The Bertz CT molecular complexity index is 560. The fraction of sp³-hybridized carbons (Fsp3) is 0.143. The zero-order valence-electron chi connectivity index (χ0n) is 9.10. The molecule has 0 aliphatic carbocycles. The molecule has 2 nitrogen and oxygen atoms in total. The molecule has 2 heteroatoms. The Morgan fingerprint density at radius 1 is 1.12 bits per heavy atom. The van der Waals surface area contributed by atoms with Gasteiger partial charge in [0.15, 0.2) is 6.23 Å². The summed E-state index contributed by atoms with van der Waals surface area (Å²) in [6.45, 7) is 0. The molecule has 2 aromatic carbocycles. The second kappa shape index (κ2) is 3.65. The molecule has 0 bridgehead atoms. The van der Waals surface area contributed by atoms with E-state index < -0.39 is 0 Å². The molecule has 0 radical (unpaired) electrons. The average molecular weight is 211 g/mol. The number of ether oxygens (including phenoxy) is 1. The summed E-state index contributed by atoms with van der Waals surface area (Å²) < 4.78 is 5.90. The molecule has 80 valence electrons. The highest BCUT2D eigenvalue weighted by atomic mass is 16.5. The van der Waals surface area contributed by atoms with Crippen LogP contribution in [0.25, 0.3) is 16.8 Å². The van der Waals surface area contributed by atoms with E-state index in [-0.39, 0.29) is 6.23 Å². The van der Waals surface area contributed by atoms with Crippen molar-refractivity contribution in [2.24, 2.45) is 0 Å². The minimum absolute atomic E-state index is 0.0293. The second-order valence-electron chi connectivity index (χ2n) is 3.89. The maximum absolute atomic E-state index is 5.90. The van der Waals surface area contributed by atoms with E-state index in [0.29, 0.717) is 0 Å². The normalized spacial score (nSPS) is 18.2. The van der Waals surface area contributed by atoms with Crippen molar-refractivity contribution in [2.45, 2.75) is 6.23 Å². The van der Waals surface area contributed by atoms with Crippen LogP contribution in [0.5, 0.6) is 5.75 Å². The van der Waals surface area contributed by atoms with Gasteiger partial charge < -0.3 is 4.74 Å². The summed E-state index contributed by atoms with van der Waals surface area (Å²) >= 11 is 0. The van der Waals surface area contributed by atoms with Gasteiger partial charge >= 0.3 is 0 Å². The molecule has 0 saturated heterocycles. The molecule has 1 atom stereocenters. The molecule has 2 aromatic rings. The number of benzene rings is 2. The van der Waals surface area contributed by atoms with Crippen LogP contribution in [0.3, 0.4) is 0 Å². The van der Waals surface area contributed by atoms with Gasteiger partial charge in [-0.25, -0.2) is 0 Å². The van der Waals surface area contributed by atoms with Gasteiger partial charge in [0.05, 0.1) is 0 Å². The predicted octanol–water partition coefficient (Wildman–Crippen LogP) is 2.79. The van der Waals surface area contributed by atoms with Gasteiger partial charge in [-0.3, -0.25) is 5.32 Å². The Balaban J connectivity index is 2.23. The SMILES string of the molecule is CNC1C=Cc2ccc3ccccc3c2O1. The average Bonchev–Trinajstić information content (AvgIpc) is 2.38. The number of hydrogen-bond acceptors (Lipinski definition) is 2. The molecule has 1 aliphatic heterocycles. The lowest BCUT2D eigenvalue weighted by Gasteiger charge is -2.22. The number of fused-ring (bicyclic) bond motifs is 3. The lowest BCUT2D eigenvalue weighted by molar-refractivity contribution is 0.221. The Labute approximate surface area is 94.5 Å². The third kappa shape index (κ3) is 1.39. The van der Waals surface area contributed by atoms with Gasteiger partial charge in [-0.15, -0.1) is 0 Å².